The van der Waals surface area contributed by atoms with Gasteiger partial charge < -0.3 is 30.9 Å². The van der Waals surface area contributed by atoms with E-state index >= 15 is 0 Å². The van der Waals surface area contributed by atoms with Crippen molar-refractivity contribution >= 4 is 52.4 Å². The number of piperidine rings is 1. The Kier molecular flexibility index (Phi) is 8.98. The van der Waals surface area contributed by atoms with Crippen molar-refractivity contribution in [2.24, 2.45) is 11.7 Å². The van der Waals surface area contributed by atoms with Crippen LogP contribution in [-0.4, -0.2) is 72.4 Å². The Bertz CT molecular complexity index is 1370. The van der Waals surface area contributed by atoms with E-state index in [1.165, 1.54) is 16.2 Å². The molecule has 1 saturated heterocycles. The molecule has 2 atom stereocenters. The second-order valence-corrected chi connectivity index (χ2v) is 11.9. The maximum absolute atomic E-state index is 13.2. The van der Waals surface area contributed by atoms with Crippen molar-refractivity contribution in [1.29, 1.82) is 0 Å². The van der Waals surface area contributed by atoms with E-state index in [9.17, 15) is 24.0 Å². The molecule has 0 bridgehead atoms. The van der Waals surface area contributed by atoms with E-state index in [2.05, 4.69) is 10.6 Å². The van der Waals surface area contributed by atoms with Crippen LogP contribution in [0.2, 0.25) is 0 Å². The molecule has 1 aromatic carbocycles. The van der Waals surface area contributed by atoms with Gasteiger partial charge in [0.1, 0.15) is 12.1 Å². The van der Waals surface area contributed by atoms with E-state index in [4.69, 9.17) is 10.5 Å². The summed E-state index contributed by atoms with van der Waals surface area (Å²) in [5, 5.41) is 5.65. The number of thiophene rings is 1. The highest BCUT2D eigenvalue weighted by atomic mass is 32.1. The summed E-state index contributed by atoms with van der Waals surface area (Å²) in [6, 6.07) is 5.44. The second kappa shape index (κ2) is 12.3. The smallest absolute Gasteiger partial charge is 0.324 e. The van der Waals surface area contributed by atoms with Crippen LogP contribution in [0.4, 0.5) is 16.2 Å². The SMILES string of the molecule is Cc1ccc(NC(=O)NCc2cc3c(s2)C(=O)N(C2CCC(=O)N(COC(=O)C(N)C(C)C)C2=O)C3)cc1N(C)C. The van der Waals surface area contributed by atoms with E-state index in [1.54, 1.807) is 13.8 Å². The molecule has 13 heteroatoms. The number of esters is 1. The molecule has 1 aromatic heterocycles. The van der Waals surface area contributed by atoms with Gasteiger partial charge in [-0.2, -0.15) is 0 Å². The Balaban J connectivity index is 1.33. The number of aryl methyl sites for hydroxylation is 1. The molecule has 2 unspecified atom stereocenters. The Labute approximate surface area is 242 Å². The molecule has 0 aliphatic carbocycles. The van der Waals surface area contributed by atoms with E-state index < -0.39 is 36.6 Å². The third-order valence-electron chi connectivity index (χ3n) is 7.21. The number of carbonyl (C=O) groups is 5. The summed E-state index contributed by atoms with van der Waals surface area (Å²) >= 11 is 1.26. The van der Waals surface area contributed by atoms with Crippen molar-refractivity contribution in [2.45, 2.75) is 58.8 Å². The number of hydrogen-bond donors (Lipinski definition) is 3. The van der Waals surface area contributed by atoms with Gasteiger partial charge in [0.25, 0.3) is 11.8 Å². The topological polar surface area (TPSA) is 154 Å². The molecule has 0 radical (unpaired) electrons. The fourth-order valence-corrected chi connectivity index (χ4v) is 5.83. The molecule has 5 amide bonds. The average molecular weight is 585 g/mol. The van der Waals surface area contributed by atoms with Crippen molar-refractivity contribution in [3.8, 4) is 0 Å². The Hall–Kier alpha value is -3.97. The maximum atomic E-state index is 13.2. The third-order valence-corrected chi connectivity index (χ3v) is 8.38. The molecular weight excluding hydrogens is 548 g/mol. The largest absolute Gasteiger partial charge is 0.443 e. The summed E-state index contributed by atoms with van der Waals surface area (Å²) in [6.07, 6.45) is 0.236. The van der Waals surface area contributed by atoms with Crippen LogP contribution in [0, 0.1) is 12.8 Å². The van der Waals surface area contributed by atoms with Crippen LogP contribution in [0.15, 0.2) is 24.3 Å². The predicted molar refractivity (Wildman–Crippen MR) is 154 cm³/mol. The molecule has 2 aliphatic rings. The van der Waals surface area contributed by atoms with Gasteiger partial charge in [0.05, 0.1) is 11.4 Å². The van der Waals surface area contributed by atoms with Crippen molar-refractivity contribution < 1.29 is 28.7 Å². The fourth-order valence-electron chi connectivity index (χ4n) is 4.76. The number of carbonyl (C=O) groups excluding carboxylic acids is 5. The first kappa shape index (κ1) is 30.0. The molecule has 220 valence electrons. The number of imide groups is 1. The highest BCUT2D eigenvalue weighted by molar-refractivity contribution is 7.14. The summed E-state index contributed by atoms with van der Waals surface area (Å²) in [7, 11) is 3.87. The lowest BCUT2D eigenvalue weighted by Gasteiger charge is -2.35. The zero-order chi connectivity index (χ0) is 30.0. The first-order valence-electron chi connectivity index (χ1n) is 13.4. The maximum Gasteiger partial charge on any atom is 0.324 e. The van der Waals surface area contributed by atoms with Gasteiger partial charge in [0.15, 0.2) is 6.73 Å². The Morgan fingerprint density at radius 2 is 1.93 bits per heavy atom. The average Bonchev–Trinajstić information content (AvgIpc) is 3.46. The summed E-state index contributed by atoms with van der Waals surface area (Å²) < 4.78 is 5.13. The van der Waals surface area contributed by atoms with Crippen LogP contribution in [0.25, 0.3) is 0 Å². The number of nitrogens with one attached hydrogen (secondary N) is 2. The molecular formula is C28H36N6O6S. The molecule has 4 N–H and O–H groups in total. The minimum atomic E-state index is -0.870. The van der Waals surface area contributed by atoms with Gasteiger partial charge in [0.2, 0.25) is 5.91 Å². The quantitative estimate of drug-likeness (QED) is 0.300. The Morgan fingerprint density at radius 3 is 2.59 bits per heavy atom. The van der Waals surface area contributed by atoms with Crippen LogP contribution in [0.5, 0.6) is 0 Å². The molecule has 2 aliphatic heterocycles. The molecule has 0 saturated carbocycles. The highest BCUT2D eigenvalue weighted by Gasteiger charge is 2.44. The van der Waals surface area contributed by atoms with Gasteiger partial charge in [-0.25, -0.2) is 9.69 Å². The lowest BCUT2D eigenvalue weighted by atomic mass is 10.0. The zero-order valence-electron chi connectivity index (χ0n) is 23.9. The van der Waals surface area contributed by atoms with E-state index in [-0.39, 0.29) is 43.8 Å². The van der Waals surface area contributed by atoms with Gasteiger partial charge in [0, 0.05) is 43.3 Å². The zero-order valence-corrected chi connectivity index (χ0v) is 24.7. The van der Waals surface area contributed by atoms with Crippen LogP contribution in [0.3, 0.4) is 0 Å². The first-order chi connectivity index (χ1) is 19.4. The Morgan fingerprint density at radius 1 is 1.20 bits per heavy atom. The van der Waals surface area contributed by atoms with Gasteiger partial charge in [-0.15, -0.1) is 11.3 Å². The van der Waals surface area contributed by atoms with Crippen molar-refractivity contribution in [1.82, 2.24) is 15.1 Å². The highest BCUT2D eigenvalue weighted by Crippen LogP contribution is 2.34. The molecule has 1 fully saturated rings. The van der Waals surface area contributed by atoms with Gasteiger partial charge in [-0.3, -0.25) is 19.2 Å². The molecule has 0 spiro atoms. The number of hydrogen-bond acceptors (Lipinski definition) is 9. The first-order valence-corrected chi connectivity index (χ1v) is 14.2. The molecule has 2 aromatic rings. The van der Waals surface area contributed by atoms with Gasteiger partial charge in [-0.1, -0.05) is 19.9 Å². The van der Waals surface area contributed by atoms with Crippen LogP contribution < -0.4 is 21.3 Å². The van der Waals surface area contributed by atoms with Crippen molar-refractivity contribution in [3.63, 3.8) is 0 Å². The monoisotopic (exact) mass is 584 g/mol. The summed E-state index contributed by atoms with van der Waals surface area (Å²) in [4.78, 5) is 69.0. The number of likely N-dealkylation sites (tertiary alicyclic amines) is 1. The molecule has 3 heterocycles. The van der Waals surface area contributed by atoms with Crippen LogP contribution in [-0.2, 0) is 32.2 Å². The standard InChI is InChI=1S/C28H36N6O6S/c1-15(2)23(29)27(38)40-14-34-22(35)9-8-20(25(34)36)33-13-17-10-19(41-24(17)26(33)37)12-30-28(39)31-18-7-6-16(3)21(11-18)32(4)5/h6-7,10-11,15,20,23H,8-9,12-14,29H2,1-5H3,(H2,30,31,39). The lowest BCUT2D eigenvalue weighted by Crippen LogP contribution is -2.55. The number of ether oxygens (including phenoxy) is 1. The number of amides is 5. The number of nitrogens with zero attached hydrogens (tertiary/aromatic N) is 3. The molecule has 41 heavy (non-hydrogen) atoms. The number of rotatable bonds is 9. The third kappa shape index (κ3) is 6.51. The minimum Gasteiger partial charge on any atom is -0.443 e. The number of anilines is 2. The second-order valence-electron chi connectivity index (χ2n) is 10.8. The summed E-state index contributed by atoms with van der Waals surface area (Å²) in [5.41, 5.74) is 9.31. The number of benzene rings is 1. The van der Waals surface area contributed by atoms with E-state index in [1.807, 2.05) is 50.2 Å². The summed E-state index contributed by atoms with van der Waals surface area (Å²) in [6.45, 7) is 5.44. The van der Waals surface area contributed by atoms with Crippen LogP contribution in [0.1, 0.15) is 52.4 Å². The van der Waals surface area contributed by atoms with Crippen molar-refractivity contribution in [3.05, 3.63) is 45.1 Å². The molecule has 12 nitrogen and oxygen atoms in total. The lowest BCUT2D eigenvalue weighted by molar-refractivity contribution is -0.165. The molecule has 4 rings (SSSR count). The fraction of sp³-hybridized carbons (Fsp3) is 0.464. The summed E-state index contributed by atoms with van der Waals surface area (Å²) in [5.74, 6) is -2.21. The predicted octanol–water partition coefficient (Wildman–Crippen LogP) is 2.40. The van der Waals surface area contributed by atoms with E-state index in [0.29, 0.717) is 10.6 Å². The van der Waals surface area contributed by atoms with E-state index in [0.717, 1.165) is 26.6 Å². The normalized spacial score (nSPS) is 17.5. The van der Waals surface area contributed by atoms with Crippen molar-refractivity contribution in [2.75, 3.05) is 31.0 Å². The van der Waals surface area contributed by atoms with Gasteiger partial charge >= 0.3 is 12.0 Å². The number of fused-ring (bicyclic) bond motifs is 1. The van der Waals surface area contributed by atoms with Gasteiger partial charge in [-0.05, 0) is 48.6 Å². The number of urea groups is 1. The van der Waals surface area contributed by atoms with Crippen LogP contribution >= 0.6 is 11.3 Å². The minimum absolute atomic E-state index is 0.0446. The number of nitrogens with two attached hydrogens (primary N) is 1.